The fourth-order valence-electron chi connectivity index (χ4n) is 2.97. The van der Waals surface area contributed by atoms with Crippen molar-refractivity contribution in [2.75, 3.05) is 36.3 Å². The molecule has 0 radical (unpaired) electrons. The molecule has 0 atom stereocenters. The first-order valence-corrected chi connectivity index (χ1v) is 8.22. The first-order chi connectivity index (χ1) is 11.9. The van der Waals surface area contributed by atoms with Crippen molar-refractivity contribution < 1.29 is 9.59 Å². The first kappa shape index (κ1) is 17.0. The zero-order valence-electron chi connectivity index (χ0n) is 15.0. The number of benzene rings is 1. The molecule has 25 heavy (non-hydrogen) atoms. The second-order valence-corrected chi connectivity index (χ2v) is 6.47. The van der Waals surface area contributed by atoms with Crippen LogP contribution in [0.1, 0.15) is 28.0 Å². The number of hydrogen-bond acceptors (Lipinski definition) is 4. The minimum absolute atomic E-state index is 0.103. The molecule has 130 valence electrons. The highest BCUT2D eigenvalue weighted by Crippen LogP contribution is 2.28. The SMILES string of the molecule is Cc1ccc(NC(=O)c2ccc3c(c2)CCC(=O)N3C)c(N(C)C)n1. The molecule has 2 heterocycles. The Bertz CT molecular complexity index is 845. The second kappa shape index (κ2) is 6.55. The van der Waals surface area contributed by atoms with Crippen molar-refractivity contribution in [2.24, 2.45) is 0 Å². The van der Waals surface area contributed by atoms with Gasteiger partial charge in [-0.25, -0.2) is 4.98 Å². The Labute approximate surface area is 147 Å². The van der Waals surface area contributed by atoms with Crippen molar-refractivity contribution in [3.63, 3.8) is 0 Å². The molecular weight excluding hydrogens is 316 g/mol. The number of pyridine rings is 1. The predicted octanol–water partition coefficient (Wildman–Crippen LogP) is 2.62. The van der Waals surface area contributed by atoms with E-state index >= 15 is 0 Å². The summed E-state index contributed by atoms with van der Waals surface area (Å²) in [5.41, 5.74) is 4.03. The summed E-state index contributed by atoms with van der Waals surface area (Å²) >= 11 is 0. The first-order valence-electron chi connectivity index (χ1n) is 8.22. The Morgan fingerprint density at radius 2 is 1.96 bits per heavy atom. The minimum Gasteiger partial charge on any atom is -0.361 e. The lowest BCUT2D eigenvalue weighted by atomic mass is 9.99. The third kappa shape index (κ3) is 3.33. The van der Waals surface area contributed by atoms with E-state index in [1.54, 1.807) is 18.0 Å². The van der Waals surface area contributed by atoms with Gasteiger partial charge in [0.1, 0.15) is 0 Å². The van der Waals surface area contributed by atoms with Crippen LogP contribution < -0.4 is 15.1 Å². The van der Waals surface area contributed by atoms with Crippen molar-refractivity contribution in [3.8, 4) is 0 Å². The Hall–Kier alpha value is -2.89. The van der Waals surface area contributed by atoms with Crippen LogP contribution in [0.3, 0.4) is 0 Å². The van der Waals surface area contributed by atoms with Crippen molar-refractivity contribution >= 4 is 29.0 Å². The van der Waals surface area contributed by atoms with E-state index in [4.69, 9.17) is 0 Å². The Kier molecular flexibility index (Phi) is 4.44. The van der Waals surface area contributed by atoms with Gasteiger partial charge >= 0.3 is 0 Å². The molecule has 2 aromatic rings. The molecule has 0 unspecified atom stereocenters. The summed E-state index contributed by atoms with van der Waals surface area (Å²) < 4.78 is 0. The molecule has 0 saturated heterocycles. The topological polar surface area (TPSA) is 65.5 Å². The predicted molar refractivity (Wildman–Crippen MR) is 99.4 cm³/mol. The molecule has 1 N–H and O–H groups in total. The highest BCUT2D eigenvalue weighted by Gasteiger charge is 2.22. The highest BCUT2D eigenvalue weighted by atomic mass is 16.2. The molecule has 1 aromatic heterocycles. The molecule has 0 aliphatic carbocycles. The Morgan fingerprint density at radius 3 is 2.68 bits per heavy atom. The number of carbonyl (C=O) groups is 2. The summed E-state index contributed by atoms with van der Waals surface area (Å²) in [5, 5.41) is 2.94. The third-order valence-corrected chi connectivity index (χ3v) is 4.37. The van der Waals surface area contributed by atoms with Crippen LogP contribution in [-0.4, -0.2) is 37.9 Å². The van der Waals surface area contributed by atoms with Gasteiger partial charge in [0, 0.05) is 44.5 Å². The standard InChI is InChI=1S/C19H22N4O2/c1-12-5-8-15(18(20-12)22(2)3)21-19(25)14-6-9-16-13(11-14)7-10-17(24)23(16)4/h5-6,8-9,11H,7,10H2,1-4H3,(H,21,25). The third-order valence-electron chi connectivity index (χ3n) is 4.37. The molecule has 1 aromatic carbocycles. The molecule has 0 bridgehead atoms. The van der Waals surface area contributed by atoms with Gasteiger partial charge in [-0.1, -0.05) is 0 Å². The van der Waals surface area contributed by atoms with Crippen molar-refractivity contribution in [1.29, 1.82) is 0 Å². The maximum atomic E-state index is 12.7. The molecule has 0 saturated carbocycles. The van der Waals surface area contributed by atoms with E-state index < -0.39 is 0 Å². The largest absolute Gasteiger partial charge is 0.361 e. The number of nitrogens with one attached hydrogen (secondary N) is 1. The number of aromatic nitrogens is 1. The van der Waals surface area contributed by atoms with Crippen LogP contribution in [0, 0.1) is 6.92 Å². The molecule has 6 nitrogen and oxygen atoms in total. The zero-order chi connectivity index (χ0) is 18.1. The lowest BCUT2D eigenvalue weighted by Gasteiger charge is -2.26. The number of nitrogens with zero attached hydrogens (tertiary/aromatic N) is 3. The number of carbonyl (C=O) groups excluding carboxylic acids is 2. The molecule has 1 aliphatic heterocycles. The summed E-state index contributed by atoms with van der Waals surface area (Å²) in [5.74, 6) is 0.638. The summed E-state index contributed by atoms with van der Waals surface area (Å²) in [6, 6.07) is 9.18. The number of aryl methyl sites for hydroxylation is 2. The zero-order valence-corrected chi connectivity index (χ0v) is 15.0. The van der Waals surface area contributed by atoms with E-state index in [-0.39, 0.29) is 11.8 Å². The normalized spacial score (nSPS) is 13.4. The number of anilines is 3. The fraction of sp³-hybridized carbons (Fsp3) is 0.316. The van der Waals surface area contributed by atoms with Crippen LogP contribution in [0.4, 0.5) is 17.2 Å². The average molecular weight is 338 g/mol. The van der Waals surface area contributed by atoms with E-state index in [9.17, 15) is 9.59 Å². The minimum atomic E-state index is -0.184. The maximum absolute atomic E-state index is 12.7. The van der Waals surface area contributed by atoms with E-state index in [1.165, 1.54) is 0 Å². The monoisotopic (exact) mass is 338 g/mol. The highest BCUT2D eigenvalue weighted by molar-refractivity contribution is 6.06. The van der Waals surface area contributed by atoms with Crippen LogP contribution in [0.15, 0.2) is 30.3 Å². The lowest BCUT2D eigenvalue weighted by Crippen LogP contribution is -2.31. The van der Waals surface area contributed by atoms with Crippen molar-refractivity contribution in [2.45, 2.75) is 19.8 Å². The van der Waals surface area contributed by atoms with Crippen LogP contribution in [-0.2, 0) is 11.2 Å². The van der Waals surface area contributed by atoms with Gasteiger partial charge < -0.3 is 15.1 Å². The quantitative estimate of drug-likeness (QED) is 0.934. The smallest absolute Gasteiger partial charge is 0.255 e. The summed E-state index contributed by atoms with van der Waals surface area (Å²) in [6.45, 7) is 1.92. The maximum Gasteiger partial charge on any atom is 0.255 e. The van der Waals surface area contributed by atoms with Crippen LogP contribution in [0.25, 0.3) is 0 Å². The van der Waals surface area contributed by atoms with Gasteiger partial charge in [-0.3, -0.25) is 9.59 Å². The summed E-state index contributed by atoms with van der Waals surface area (Å²) in [7, 11) is 5.55. The van der Waals surface area contributed by atoms with E-state index in [1.807, 2.05) is 50.2 Å². The molecule has 2 amide bonds. The van der Waals surface area contributed by atoms with E-state index in [2.05, 4.69) is 10.3 Å². The molecule has 3 rings (SSSR count). The van der Waals surface area contributed by atoms with Gasteiger partial charge in [0.15, 0.2) is 5.82 Å². The van der Waals surface area contributed by atoms with Gasteiger partial charge in [-0.15, -0.1) is 0 Å². The van der Waals surface area contributed by atoms with E-state index in [0.717, 1.165) is 22.8 Å². The van der Waals surface area contributed by atoms with Crippen molar-refractivity contribution in [3.05, 3.63) is 47.2 Å². The fourth-order valence-corrected chi connectivity index (χ4v) is 2.97. The lowest BCUT2D eigenvalue weighted by molar-refractivity contribution is -0.118. The summed E-state index contributed by atoms with van der Waals surface area (Å²) in [4.78, 5) is 32.4. The molecular formula is C19H22N4O2. The number of rotatable bonds is 3. The van der Waals surface area contributed by atoms with Gasteiger partial charge in [0.05, 0.1) is 5.69 Å². The van der Waals surface area contributed by atoms with Gasteiger partial charge in [0.2, 0.25) is 5.91 Å². The summed E-state index contributed by atoms with van der Waals surface area (Å²) in [6.07, 6.45) is 1.13. The van der Waals surface area contributed by atoms with Crippen molar-refractivity contribution in [1.82, 2.24) is 4.98 Å². The molecule has 0 spiro atoms. The van der Waals surface area contributed by atoms with Crippen LogP contribution in [0.5, 0.6) is 0 Å². The van der Waals surface area contributed by atoms with Gasteiger partial charge in [-0.2, -0.15) is 0 Å². The molecule has 6 heteroatoms. The van der Waals surface area contributed by atoms with E-state index in [0.29, 0.717) is 24.1 Å². The van der Waals surface area contributed by atoms with Crippen LogP contribution >= 0.6 is 0 Å². The van der Waals surface area contributed by atoms with Gasteiger partial charge in [-0.05, 0) is 49.2 Å². The molecule has 1 aliphatic rings. The Morgan fingerprint density at radius 1 is 1.20 bits per heavy atom. The van der Waals surface area contributed by atoms with Gasteiger partial charge in [0.25, 0.3) is 5.91 Å². The number of hydrogen-bond donors (Lipinski definition) is 1. The average Bonchev–Trinajstić information content (AvgIpc) is 2.59. The molecule has 0 fully saturated rings. The second-order valence-electron chi connectivity index (χ2n) is 6.47. The Balaban J connectivity index is 1.87. The number of amides is 2. The number of fused-ring (bicyclic) bond motifs is 1. The van der Waals surface area contributed by atoms with Crippen LogP contribution in [0.2, 0.25) is 0 Å².